The maximum atomic E-state index is 12.7. The van der Waals surface area contributed by atoms with E-state index in [1.165, 1.54) is 12.1 Å². The SMILES string of the molecule is NC(=S)Cc1ccc(O)c(F)c1. The van der Waals surface area contributed by atoms with Crippen LogP contribution in [0.5, 0.6) is 5.75 Å². The average Bonchev–Trinajstić information content (AvgIpc) is 1.96. The molecule has 1 aromatic carbocycles. The molecule has 0 aliphatic carbocycles. The molecule has 64 valence electrons. The van der Waals surface area contributed by atoms with Crippen molar-refractivity contribution in [3.63, 3.8) is 0 Å². The number of hydrogen-bond donors (Lipinski definition) is 2. The van der Waals surface area contributed by atoms with E-state index in [1.807, 2.05) is 0 Å². The Bertz CT molecular complexity index is 314. The molecule has 0 atom stereocenters. The Balaban J connectivity index is 2.89. The summed E-state index contributed by atoms with van der Waals surface area (Å²) < 4.78 is 12.7. The fourth-order valence-corrected chi connectivity index (χ4v) is 1.03. The standard InChI is InChI=1S/C8H8FNOS/c9-6-3-5(4-8(10)12)1-2-7(6)11/h1-3,11H,4H2,(H2,10,12). The Morgan fingerprint density at radius 1 is 1.58 bits per heavy atom. The summed E-state index contributed by atoms with van der Waals surface area (Å²) in [7, 11) is 0. The van der Waals surface area contributed by atoms with Gasteiger partial charge in [-0.2, -0.15) is 0 Å². The minimum absolute atomic E-state index is 0.306. The quantitative estimate of drug-likeness (QED) is 0.684. The van der Waals surface area contributed by atoms with Gasteiger partial charge in [-0.1, -0.05) is 18.3 Å². The largest absolute Gasteiger partial charge is 0.505 e. The Morgan fingerprint density at radius 3 is 2.75 bits per heavy atom. The van der Waals surface area contributed by atoms with Gasteiger partial charge in [0.1, 0.15) is 0 Å². The van der Waals surface area contributed by atoms with Crippen molar-refractivity contribution in [1.82, 2.24) is 0 Å². The highest BCUT2D eigenvalue weighted by atomic mass is 32.1. The van der Waals surface area contributed by atoms with Crippen LogP contribution in [0.15, 0.2) is 18.2 Å². The zero-order chi connectivity index (χ0) is 9.14. The molecule has 0 heterocycles. The molecule has 0 aromatic heterocycles. The Morgan fingerprint density at radius 2 is 2.25 bits per heavy atom. The van der Waals surface area contributed by atoms with Crippen LogP contribution in [0.3, 0.4) is 0 Å². The van der Waals surface area contributed by atoms with Crippen molar-refractivity contribution in [2.45, 2.75) is 6.42 Å². The van der Waals surface area contributed by atoms with Crippen molar-refractivity contribution in [1.29, 1.82) is 0 Å². The summed E-state index contributed by atoms with van der Waals surface area (Å²) in [5.74, 6) is -1.01. The topological polar surface area (TPSA) is 46.2 Å². The first-order chi connectivity index (χ1) is 5.59. The lowest BCUT2D eigenvalue weighted by Gasteiger charge is -2.00. The van der Waals surface area contributed by atoms with Crippen molar-refractivity contribution in [3.05, 3.63) is 29.6 Å². The van der Waals surface area contributed by atoms with E-state index in [9.17, 15) is 4.39 Å². The molecule has 0 amide bonds. The Kier molecular flexibility index (Phi) is 2.60. The van der Waals surface area contributed by atoms with E-state index < -0.39 is 5.82 Å². The Hall–Kier alpha value is -1.16. The lowest BCUT2D eigenvalue weighted by atomic mass is 10.1. The first-order valence-corrected chi connectivity index (χ1v) is 3.76. The number of phenols is 1. The second kappa shape index (κ2) is 3.49. The van der Waals surface area contributed by atoms with E-state index in [-0.39, 0.29) is 5.75 Å². The van der Waals surface area contributed by atoms with E-state index in [4.69, 9.17) is 10.8 Å². The highest BCUT2D eigenvalue weighted by Gasteiger charge is 2.01. The minimum Gasteiger partial charge on any atom is -0.505 e. The summed E-state index contributed by atoms with van der Waals surface area (Å²) in [4.78, 5) is 0.306. The lowest BCUT2D eigenvalue weighted by Crippen LogP contribution is -2.10. The molecule has 3 N–H and O–H groups in total. The van der Waals surface area contributed by atoms with Gasteiger partial charge in [0.25, 0.3) is 0 Å². The third-order valence-electron chi connectivity index (χ3n) is 1.39. The molecule has 0 aliphatic rings. The molecule has 4 heteroatoms. The van der Waals surface area contributed by atoms with Crippen LogP contribution in [-0.2, 0) is 6.42 Å². The monoisotopic (exact) mass is 185 g/mol. The molecule has 0 spiro atoms. The Labute approximate surface area is 74.8 Å². The van der Waals surface area contributed by atoms with E-state index in [1.54, 1.807) is 6.07 Å². The minimum atomic E-state index is -0.649. The van der Waals surface area contributed by atoms with Crippen LogP contribution in [-0.4, -0.2) is 10.1 Å². The van der Waals surface area contributed by atoms with Crippen LogP contribution in [0.2, 0.25) is 0 Å². The summed E-state index contributed by atoms with van der Waals surface area (Å²) in [6.45, 7) is 0. The number of nitrogens with two attached hydrogens (primary N) is 1. The molecular formula is C8H8FNOS. The molecule has 1 aromatic rings. The van der Waals surface area contributed by atoms with E-state index in [0.29, 0.717) is 17.0 Å². The van der Waals surface area contributed by atoms with Crippen molar-refractivity contribution in [3.8, 4) is 5.75 Å². The summed E-state index contributed by atoms with van der Waals surface area (Å²) in [6.07, 6.45) is 0.354. The van der Waals surface area contributed by atoms with Crippen LogP contribution in [0.25, 0.3) is 0 Å². The predicted molar refractivity (Wildman–Crippen MR) is 48.6 cm³/mol. The molecule has 0 aliphatic heterocycles. The maximum absolute atomic E-state index is 12.7. The fourth-order valence-electron chi connectivity index (χ4n) is 0.862. The first-order valence-electron chi connectivity index (χ1n) is 3.35. The van der Waals surface area contributed by atoms with Crippen molar-refractivity contribution in [2.75, 3.05) is 0 Å². The predicted octanol–water partition coefficient (Wildman–Crippen LogP) is 1.36. The van der Waals surface area contributed by atoms with Gasteiger partial charge in [0, 0.05) is 6.42 Å². The maximum Gasteiger partial charge on any atom is 0.165 e. The van der Waals surface area contributed by atoms with E-state index in [0.717, 1.165) is 0 Å². The van der Waals surface area contributed by atoms with Crippen molar-refractivity contribution in [2.24, 2.45) is 5.73 Å². The summed E-state index contributed by atoms with van der Waals surface area (Å²) in [6, 6.07) is 4.08. The average molecular weight is 185 g/mol. The molecule has 0 radical (unpaired) electrons. The van der Waals surface area contributed by atoms with Crippen LogP contribution in [0.1, 0.15) is 5.56 Å². The highest BCUT2D eigenvalue weighted by molar-refractivity contribution is 7.80. The molecule has 0 unspecified atom stereocenters. The number of hydrogen-bond acceptors (Lipinski definition) is 2. The van der Waals surface area contributed by atoms with Gasteiger partial charge in [0.2, 0.25) is 0 Å². The first kappa shape index (κ1) is 8.93. The molecule has 12 heavy (non-hydrogen) atoms. The number of thiocarbonyl (C=S) groups is 1. The summed E-state index contributed by atoms with van der Waals surface area (Å²) in [5, 5.41) is 8.84. The summed E-state index contributed by atoms with van der Waals surface area (Å²) in [5.41, 5.74) is 5.92. The number of phenolic OH excluding ortho intramolecular Hbond substituents is 1. The molecule has 2 nitrogen and oxygen atoms in total. The molecular weight excluding hydrogens is 177 g/mol. The van der Waals surface area contributed by atoms with Crippen molar-refractivity contribution < 1.29 is 9.50 Å². The normalized spacial score (nSPS) is 9.75. The van der Waals surface area contributed by atoms with Gasteiger partial charge in [0.15, 0.2) is 11.6 Å². The number of aromatic hydroxyl groups is 1. The summed E-state index contributed by atoms with van der Waals surface area (Å²) >= 11 is 4.65. The second-order valence-corrected chi connectivity index (χ2v) is 2.95. The van der Waals surface area contributed by atoms with Gasteiger partial charge in [-0.25, -0.2) is 4.39 Å². The van der Waals surface area contributed by atoms with Gasteiger partial charge in [-0.05, 0) is 17.7 Å². The highest BCUT2D eigenvalue weighted by Crippen LogP contribution is 2.16. The van der Waals surface area contributed by atoms with Crippen LogP contribution in [0.4, 0.5) is 4.39 Å². The molecule has 0 fully saturated rings. The third-order valence-corrected chi connectivity index (χ3v) is 1.53. The molecule has 0 bridgehead atoms. The molecule has 0 saturated heterocycles. The van der Waals surface area contributed by atoms with E-state index >= 15 is 0 Å². The van der Waals surface area contributed by atoms with E-state index in [2.05, 4.69) is 12.2 Å². The molecule has 0 saturated carbocycles. The van der Waals surface area contributed by atoms with Gasteiger partial charge in [-0.15, -0.1) is 0 Å². The lowest BCUT2D eigenvalue weighted by molar-refractivity contribution is 0.432. The zero-order valence-corrected chi connectivity index (χ0v) is 7.07. The number of benzene rings is 1. The fraction of sp³-hybridized carbons (Fsp3) is 0.125. The smallest absolute Gasteiger partial charge is 0.165 e. The van der Waals surface area contributed by atoms with Crippen LogP contribution < -0.4 is 5.73 Å². The third kappa shape index (κ3) is 2.17. The number of rotatable bonds is 2. The van der Waals surface area contributed by atoms with Crippen molar-refractivity contribution >= 4 is 17.2 Å². The van der Waals surface area contributed by atoms with Gasteiger partial charge >= 0.3 is 0 Å². The van der Waals surface area contributed by atoms with Crippen LogP contribution in [0, 0.1) is 5.82 Å². The van der Waals surface area contributed by atoms with Gasteiger partial charge < -0.3 is 10.8 Å². The van der Waals surface area contributed by atoms with Gasteiger partial charge in [-0.3, -0.25) is 0 Å². The van der Waals surface area contributed by atoms with Crippen LogP contribution >= 0.6 is 12.2 Å². The zero-order valence-electron chi connectivity index (χ0n) is 6.25. The number of halogens is 1. The van der Waals surface area contributed by atoms with Gasteiger partial charge in [0.05, 0.1) is 4.99 Å². The molecule has 1 rings (SSSR count). The second-order valence-electron chi connectivity index (χ2n) is 2.43.